The van der Waals surface area contributed by atoms with Gasteiger partial charge in [0.25, 0.3) is 5.89 Å². The molecule has 0 aliphatic carbocycles. The van der Waals surface area contributed by atoms with E-state index >= 15 is 0 Å². The third-order valence-electron chi connectivity index (χ3n) is 3.12. The van der Waals surface area contributed by atoms with Gasteiger partial charge in [-0.2, -0.15) is 4.68 Å². The predicted octanol–water partition coefficient (Wildman–Crippen LogP) is 1.69. The Balaban J connectivity index is 1.49. The average Bonchev–Trinajstić information content (AvgIpc) is 3.30. The summed E-state index contributed by atoms with van der Waals surface area (Å²) in [7, 11) is 0. The van der Waals surface area contributed by atoms with Gasteiger partial charge in [0.1, 0.15) is 6.54 Å². The largest absolute Gasteiger partial charge is 0.437 e. The number of rotatable bonds is 6. The first kappa shape index (κ1) is 17.1. The van der Waals surface area contributed by atoms with Gasteiger partial charge in [0, 0.05) is 11.4 Å². The standard InChI is InChI=1S/C15H14N4O4S2/c20-12(17-14(21)16-6-5-10-3-1-7-24-10)9-19-15(22)23-13(18-19)11-4-2-8-25-11/h1-4,7-8H,5-6,9H2,(H2,16,17,20,21). The molecule has 25 heavy (non-hydrogen) atoms. The van der Waals surface area contributed by atoms with Crippen molar-refractivity contribution in [1.29, 1.82) is 0 Å². The van der Waals surface area contributed by atoms with Gasteiger partial charge in [0.05, 0.1) is 4.88 Å². The van der Waals surface area contributed by atoms with Gasteiger partial charge in [0.2, 0.25) is 5.91 Å². The van der Waals surface area contributed by atoms with Gasteiger partial charge in [-0.25, -0.2) is 9.59 Å². The number of imide groups is 1. The molecule has 10 heteroatoms. The number of carbonyl (C=O) groups is 2. The fourth-order valence-electron chi connectivity index (χ4n) is 2.01. The van der Waals surface area contributed by atoms with E-state index in [0.29, 0.717) is 17.8 Å². The zero-order valence-electron chi connectivity index (χ0n) is 12.9. The predicted molar refractivity (Wildman–Crippen MR) is 93.6 cm³/mol. The number of nitrogens with one attached hydrogen (secondary N) is 2. The van der Waals surface area contributed by atoms with Crippen molar-refractivity contribution in [2.45, 2.75) is 13.0 Å². The van der Waals surface area contributed by atoms with E-state index in [9.17, 15) is 14.4 Å². The first-order chi connectivity index (χ1) is 12.1. The van der Waals surface area contributed by atoms with Crippen molar-refractivity contribution in [1.82, 2.24) is 20.4 Å². The number of hydrogen-bond donors (Lipinski definition) is 2. The summed E-state index contributed by atoms with van der Waals surface area (Å²) >= 11 is 2.96. The lowest BCUT2D eigenvalue weighted by Crippen LogP contribution is -2.42. The maximum absolute atomic E-state index is 11.9. The van der Waals surface area contributed by atoms with Gasteiger partial charge in [-0.15, -0.1) is 27.8 Å². The highest BCUT2D eigenvalue weighted by Gasteiger charge is 2.15. The fourth-order valence-corrected chi connectivity index (χ4v) is 3.36. The summed E-state index contributed by atoms with van der Waals surface area (Å²) in [5, 5.41) is 12.5. The van der Waals surface area contributed by atoms with Crippen LogP contribution in [0.5, 0.6) is 0 Å². The van der Waals surface area contributed by atoms with Crippen LogP contribution in [-0.4, -0.2) is 28.3 Å². The highest BCUT2D eigenvalue weighted by Crippen LogP contribution is 2.20. The first-order valence-electron chi connectivity index (χ1n) is 7.34. The molecule has 3 heterocycles. The molecule has 0 aliphatic rings. The Morgan fingerprint density at radius 3 is 2.72 bits per heavy atom. The van der Waals surface area contributed by atoms with Crippen LogP contribution in [0.1, 0.15) is 4.88 Å². The molecule has 0 saturated heterocycles. The summed E-state index contributed by atoms with van der Waals surface area (Å²) in [6, 6.07) is 6.84. The summed E-state index contributed by atoms with van der Waals surface area (Å²) in [4.78, 5) is 37.1. The molecular weight excluding hydrogens is 364 g/mol. The minimum Gasteiger partial charge on any atom is -0.387 e. The van der Waals surface area contributed by atoms with E-state index in [1.165, 1.54) is 11.3 Å². The van der Waals surface area contributed by atoms with Crippen LogP contribution in [-0.2, 0) is 17.8 Å². The topological polar surface area (TPSA) is 106 Å². The van der Waals surface area contributed by atoms with Crippen molar-refractivity contribution in [3.63, 3.8) is 0 Å². The van der Waals surface area contributed by atoms with Crippen LogP contribution in [0, 0.1) is 0 Å². The molecule has 0 aromatic carbocycles. The number of amides is 3. The highest BCUT2D eigenvalue weighted by atomic mass is 32.1. The van der Waals surface area contributed by atoms with E-state index in [-0.39, 0.29) is 5.89 Å². The normalized spacial score (nSPS) is 10.6. The third-order valence-corrected chi connectivity index (χ3v) is 4.92. The van der Waals surface area contributed by atoms with Gasteiger partial charge in [-0.05, 0) is 29.3 Å². The molecule has 130 valence electrons. The van der Waals surface area contributed by atoms with Crippen molar-refractivity contribution in [3.8, 4) is 10.8 Å². The van der Waals surface area contributed by atoms with Gasteiger partial charge in [-0.3, -0.25) is 10.1 Å². The molecule has 0 fully saturated rings. The Morgan fingerprint density at radius 1 is 1.20 bits per heavy atom. The summed E-state index contributed by atoms with van der Waals surface area (Å²) in [6.07, 6.45) is 0.687. The average molecular weight is 378 g/mol. The van der Waals surface area contributed by atoms with Crippen molar-refractivity contribution in [2.75, 3.05) is 6.54 Å². The van der Waals surface area contributed by atoms with E-state index in [0.717, 1.165) is 9.56 Å². The quantitative estimate of drug-likeness (QED) is 0.679. The summed E-state index contributed by atoms with van der Waals surface area (Å²) in [5.74, 6) is -1.26. The lowest BCUT2D eigenvalue weighted by molar-refractivity contribution is -0.120. The van der Waals surface area contributed by atoms with Crippen molar-refractivity contribution >= 4 is 34.6 Å². The molecule has 3 rings (SSSR count). The maximum Gasteiger partial charge on any atom is 0.437 e. The van der Waals surface area contributed by atoms with Crippen molar-refractivity contribution in [2.24, 2.45) is 0 Å². The van der Waals surface area contributed by atoms with E-state index < -0.39 is 24.2 Å². The number of urea groups is 1. The SMILES string of the molecule is O=C(Cn1nc(-c2cccs2)oc1=O)NC(=O)NCCc1cccs1. The fraction of sp³-hybridized carbons (Fsp3) is 0.200. The molecule has 0 spiro atoms. The lowest BCUT2D eigenvalue weighted by atomic mass is 10.3. The molecule has 0 aliphatic heterocycles. The summed E-state index contributed by atoms with van der Waals surface area (Å²) in [6.45, 7) is 0.0120. The second-order valence-corrected chi connectivity index (χ2v) is 6.92. The third kappa shape index (κ3) is 4.64. The minimum absolute atomic E-state index is 0.146. The number of hydrogen-bond acceptors (Lipinski definition) is 7. The van der Waals surface area contributed by atoms with Crippen LogP contribution in [0.25, 0.3) is 10.8 Å². The Morgan fingerprint density at radius 2 is 2.00 bits per heavy atom. The number of aromatic nitrogens is 2. The van der Waals surface area contributed by atoms with Gasteiger partial charge in [-0.1, -0.05) is 12.1 Å². The molecular formula is C15H14N4O4S2. The Hall–Kier alpha value is -2.72. The van der Waals surface area contributed by atoms with E-state index in [4.69, 9.17) is 4.42 Å². The van der Waals surface area contributed by atoms with Gasteiger partial charge >= 0.3 is 11.8 Å². The van der Waals surface area contributed by atoms with E-state index in [2.05, 4.69) is 15.7 Å². The molecule has 0 atom stereocenters. The van der Waals surface area contributed by atoms with Gasteiger partial charge in [0.15, 0.2) is 0 Å². The first-order valence-corrected chi connectivity index (χ1v) is 9.09. The second-order valence-electron chi connectivity index (χ2n) is 4.94. The minimum atomic E-state index is -0.753. The van der Waals surface area contributed by atoms with Crippen LogP contribution >= 0.6 is 22.7 Å². The van der Waals surface area contributed by atoms with Crippen molar-refractivity contribution < 1.29 is 14.0 Å². The molecule has 0 radical (unpaired) electrons. The Bertz CT molecular complexity index is 897. The molecule has 0 saturated carbocycles. The van der Waals surface area contributed by atoms with E-state index in [1.54, 1.807) is 23.5 Å². The van der Waals surface area contributed by atoms with Crippen LogP contribution in [0.4, 0.5) is 4.79 Å². The van der Waals surface area contributed by atoms with E-state index in [1.807, 2.05) is 22.9 Å². The molecule has 0 bridgehead atoms. The summed E-state index contributed by atoms with van der Waals surface area (Å²) in [5.41, 5.74) is 0. The van der Waals surface area contributed by atoms with Gasteiger partial charge < -0.3 is 9.73 Å². The number of thiophene rings is 2. The lowest BCUT2D eigenvalue weighted by Gasteiger charge is -2.05. The Kier molecular flexibility index (Phi) is 5.41. The number of nitrogens with zero attached hydrogens (tertiary/aromatic N) is 2. The van der Waals surface area contributed by atoms with Crippen LogP contribution in [0.3, 0.4) is 0 Å². The molecule has 2 N–H and O–H groups in total. The summed E-state index contributed by atoms with van der Waals surface area (Å²) < 4.78 is 5.88. The molecule has 3 amide bonds. The monoisotopic (exact) mass is 378 g/mol. The van der Waals surface area contributed by atoms with Crippen molar-refractivity contribution in [3.05, 3.63) is 50.5 Å². The zero-order chi connectivity index (χ0) is 17.6. The molecule has 3 aromatic heterocycles. The van der Waals surface area contributed by atoms with Crippen LogP contribution in [0.2, 0.25) is 0 Å². The molecule has 0 unspecified atom stereocenters. The molecule has 8 nitrogen and oxygen atoms in total. The van der Waals surface area contributed by atoms with Crippen LogP contribution in [0.15, 0.2) is 44.2 Å². The second kappa shape index (κ2) is 7.90. The van der Waals surface area contributed by atoms with Crippen LogP contribution < -0.4 is 16.4 Å². The molecule has 3 aromatic rings. The Labute approximate surface area is 150 Å². The zero-order valence-corrected chi connectivity index (χ0v) is 14.6. The smallest absolute Gasteiger partial charge is 0.387 e. The number of carbonyl (C=O) groups excluding carboxylic acids is 2. The highest BCUT2D eigenvalue weighted by molar-refractivity contribution is 7.13. The maximum atomic E-state index is 11.9.